The third-order valence-corrected chi connectivity index (χ3v) is 4.13. The number of nitrogen functional groups attached to an aromatic ring is 1. The molecule has 1 aliphatic rings. The van der Waals surface area contributed by atoms with Gasteiger partial charge in [-0.1, -0.05) is 24.3 Å². The Morgan fingerprint density at radius 1 is 1.14 bits per heavy atom. The second kappa shape index (κ2) is 5.74. The van der Waals surface area contributed by atoms with Crippen LogP contribution < -0.4 is 10.5 Å². The largest absolute Gasteiger partial charge is 0.490 e. The Kier molecular flexibility index (Phi) is 3.80. The van der Waals surface area contributed by atoms with Gasteiger partial charge in [-0.25, -0.2) is 0 Å². The van der Waals surface area contributed by atoms with E-state index in [0.717, 1.165) is 48.0 Å². The average molecular weight is 283 g/mol. The molecule has 4 nitrogen and oxygen atoms in total. The summed E-state index contributed by atoms with van der Waals surface area (Å²) in [4.78, 5) is 2.33. The van der Waals surface area contributed by atoms with Crippen molar-refractivity contribution < 1.29 is 4.74 Å². The quantitative estimate of drug-likeness (QED) is 0.672. The maximum Gasteiger partial charge on any atom is 0.127 e. The molecular weight excluding hydrogens is 262 g/mol. The van der Waals surface area contributed by atoms with Crippen LogP contribution in [0.2, 0.25) is 0 Å². The molecule has 110 valence electrons. The molecule has 1 fully saturated rings. The number of piperidine rings is 1. The third kappa shape index (κ3) is 2.85. The number of hydrogen-bond acceptors (Lipinski definition) is 3. The number of likely N-dealkylation sites (tertiary alicyclic amines) is 1. The normalized spacial score (nSPS) is 17.0. The van der Waals surface area contributed by atoms with Gasteiger partial charge in [-0.05, 0) is 37.4 Å². The highest BCUT2D eigenvalue weighted by atomic mass is 16.5. The summed E-state index contributed by atoms with van der Waals surface area (Å²) in [7, 11) is 2.15. The lowest BCUT2D eigenvalue weighted by molar-refractivity contribution is 0.116. The first-order chi connectivity index (χ1) is 10.1. The lowest BCUT2D eigenvalue weighted by atomic mass is 10.0. The maximum atomic E-state index is 7.69. The minimum atomic E-state index is 0.0945. The van der Waals surface area contributed by atoms with Crippen molar-refractivity contribution in [2.45, 2.75) is 18.9 Å². The molecule has 2 aromatic rings. The van der Waals surface area contributed by atoms with E-state index in [-0.39, 0.29) is 11.9 Å². The first-order valence-corrected chi connectivity index (χ1v) is 7.36. The standard InChI is InChI=1S/C17H21N3O/c1-20-10-8-12(9-11-20)21-16-7-6-15(17(18)19)13-4-2-3-5-14(13)16/h2-7,12H,8-11H2,1H3,(H3,18,19). The van der Waals surface area contributed by atoms with E-state index in [9.17, 15) is 0 Å². The fourth-order valence-electron chi connectivity index (χ4n) is 2.89. The summed E-state index contributed by atoms with van der Waals surface area (Å²) in [6.07, 6.45) is 2.38. The summed E-state index contributed by atoms with van der Waals surface area (Å²) >= 11 is 0. The Hall–Kier alpha value is -2.07. The molecular formula is C17H21N3O. The smallest absolute Gasteiger partial charge is 0.127 e. The van der Waals surface area contributed by atoms with Crippen LogP contribution in [0.15, 0.2) is 36.4 Å². The summed E-state index contributed by atoms with van der Waals surface area (Å²) in [6, 6.07) is 11.8. The van der Waals surface area contributed by atoms with Crippen LogP contribution in [0.4, 0.5) is 0 Å². The zero-order chi connectivity index (χ0) is 14.8. The average Bonchev–Trinajstić information content (AvgIpc) is 2.49. The molecule has 0 amide bonds. The lowest BCUT2D eigenvalue weighted by Crippen LogP contribution is -2.35. The SMILES string of the molecule is CN1CCC(Oc2ccc(C(=N)N)c3ccccc23)CC1. The molecule has 1 heterocycles. The third-order valence-electron chi connectivity index (χ3n) is 4.13. The van der Waals surface area contributed by atoms with Gasteiger partial charge in [0.25, 0.3) is 0 Å². The fourth-order valence-corrected chi connectivity index (χ4v) is 2.89. The monoisotopic (exact) mass is 283 g/mol. The predicted octanol–water partition coefficient (Wildman–Crippen LogP) is 2.60. The zero-order valence-corrected chi connectivity index (χ0v) is 12.3. The topological polar surface area (TPSA) is 62.3 Å². The van der Waals surface area contributed by atoms with Gasteiger partial charge in [0, 0.05) is 24.0 Å². The van der Waals surface area contributed by atoms with Gasteiger partial charge in [-0.15, -0.1) is 0 Å². The van der Waals surface area contributed by atoms with Crippen molar-refractivity contribution in [2.75, 3.05) is 20.1 Å². The minimum Gasteiger partial charge on any atom is -0.490 e. The van der Waals surface area contributed by atoms with Crippen molar-refractivity contribution in [1.29, 1.82) is 5.41 Å². The Morgan fingerprint density at radius 3 is 2.48 bits per heavy atom. The van der Waals surface area contributed by atoms with Crippen LogP contribution >= 0.6 is 0 Å². The van der Waals surface area contributed by atoms with Gasteiger partial charge in [0.15, 0.2) is 0 Å². The van der Waals surface area contributed by atoms with Crippen LogP contribution in [0.25, 0.3) is 10.8 Å². The van der Waals surface area contributed by atoms with Crippen molar-refractivity contribution in [3.05, 3.63) is 42.0 Å². The summed E-state index contributed by atoms with van der Waals surface area (Å²) in [5.74, 6) is 0.988. The first-order valence-electron chi connectivity index (χ1n) is 7.36. The Balaban J connectivity index is 1.93. The van der Waals surface area contributed by atoms with Crippen LogP contribution in [0.3, 0.4) is 0 Å². The minimum absolute atomic E-state index is 0.0945. The van der Waals surface area contributed by atoms with Crippen molar-refractivity contribution in [3.8, 4) is 5.75 Å². The molecule has 3 rings (SSSR count). The van der Waals surface area contributed by atoms with E-state index in [0.29, 0.717) is 0 Å². The van der Waals surface area contributed by atoms with Crippen LogP contribution in [0.1, 0.15) is 18.4 Å². The van der Waals surface area contributed by atoms with Gasteiger partial charge in [0.2, 0.25) is 0 Å². The molecule has 0 saturated carbocycles. The van der Waals surface area contributed by atoms with Crippen LogP contribution in [0.5, 0.6) is 5.75 Å². The Bertz CT molecular complexity index is 660. The second-order valence-electron chi connectivity index (χ2n) is 5.69. The van der Waals surface area contributed by atoms with Gasteiger partial charge >= 0.3 is 0 Å². The number of nitrogens with one attached hydrogen (secondary N) is 1. The molecule has 0 spiro atoms. The van der Waals surface area contributed by atoms with Crippen molar-refractivity contribution in [3.63, 3.8) is 0 Å². The predicted molar refractivity (Wildman–Crippen MR) is 86.1 cm³/mol. The second-order valence-corrected chi connectivity index (χ2v) is 5.69. The highest BCUT2D eigenvalue weighted by molar-refractivity contribution is 6.09. The van der Waals surface area contributed by atoms with Crippen LogP contribution in [-0.4, -0.2) is 37.0 Å². The van der Waals surface area contributed by atoms with Gasteiger partial charge in [0.1, 0.15) is 17.7 Å². The molecule has 2 aromatic carbocycles. The number of nitrogens with zero attached hydrogens (tertiary/aromatic N) is 1. The van der Waals surface area contributed by atoms with E-state index in [1.165, 1.54) is 0 Å². The molecule has 21 heavy (non-hydrogen) atoms. The number of rotatable bonds is 3. The number of amidine groups is 1. The number of fused-ring (bicyclic) bond motifs is 1. The summed E-state index contributed by atoms with van der Waals surface area (Å²) in [5, 5.41) is 9.71. The summed E-state index contributed by atoms with van der Waals surface area (Å²) in [5.41, 5.74) is 6.43. The van der Waals surface area contributed by atoms with E-state index in [1.807, 2.05) is 36.4 Å². The van der Waals surface area contributed by atoms with Gasteiger partial charge < -0.3 is 15.4 Å². The molecule has 0 atom stereocenters. The van der Waals surface area contributed by atoms with Gasteiger partial charge in [0.05, 0.1) is 0 Å². The van der Waals surface area contributed by atoms with E-state index < -0.39 is 0 Å². The summed E-state index contributed by atoms with van der Waals surface area (Å²) in [6.45, 7) is 2.16. The molecule has 1 saturated heterocycles. The molecule has 1 aliphatic heterocycles. The van der Waals surface area contributed by atoms with Gasteiger partial charge in [-0.3, -0.25) is 5.41 Å². The number of hydrogen-bond donors (Lipinski definition) is 2. The van der Waals surface area contributed by atoms with E-state index in [1.54, 1.807) is 0 Å². The number of benzene rings is 2. The van der Waals surface area contributed by atoms with Crippen molar-refractivity contribution >= 4 is 16.6 Å². The molecule has 0 radical (unpaired) electrons. The maximum absolute atomic E-state index is 7.69. The molecule has 0 unspecified atom stereocenters. The lowest BCUT2D eigenvalue weighted by Gasteiger charge is -2.29. The summed E-state index contributed by atoms with van der Waals surface area (Å²) < 4.78 is 6.21. The Labute approximate surface area is 125 Å². The number of nitrogens with two attached hydrogens (primary N) is 1. The first kappa shape index (κ1) is 13.9. The van der Waals surface area contributed by atoms with E-state index >= 15 is 0 Å². The molecule has 0 bridgehead atoms. The zero-order valence-electron chi connectivity index (χ0n) is 12.3. The van der Waals surface area contributed by atoms with E-state index in [2.05, 4.69) is 11.9 Å². The van der Waals surface area contributed by atoms with Gasteiger partial charge in [-0.2, -0.15) is 0 Å². The molecule has 0 aliphatic carbocycles. The van der Waals surface area contributed by atoms with Crippen molar-refractivity contribution in [2.24, 2.45) is 5.73 Å². The molecule has 0 aromatic heterocycles. The van der Waals surface area contributed by atoms with Crippen LogP contribution in [0, 0.1) is 5.41 Å². The fraction of sp³-hybridized carbons (Fsp3) is 0.353. The highest BCUT2D eigenvalue weighted by Gasteiger charge is 2.19. The van der Waals surface area contributed by atoms with E-state index in [4.69, 9.17) is 15.9 Å². The molecule has 4 heteroatoms. The van der Waals surface area contributed by atoms with Crippen molar-refractivity contribution in [1.82, 2.24) is 4.90 Å². The number of ether oxygens (including phenoxy) is 1. The Morgan fingerprint density at radius 2 is 1.81 bits per heavy atom. The molecule has 3 N–H and O–H groups in total. The van der Waals surface area contributed by atoms with Crippen LogP contribution in [-0.2, 0) is 0 Å². The highest BCUT2D eigenvalue weighted by Crippen LogP contribution is 2.30.